The summed E-state index contributed by atoms with van der Waals surface area (Å²) in [6.45, 7) is 8.02. The van der Waals surface area contributed by atoms with Crippen LogP contribution in [0, 0.1) is 6.92 Å². The Morgan fingerprint density at radius 3 is 1.97 bits per heavy atom. The van der Waals surface area contributed by atoms with E-state index < -0.39 is 0 Å². The lowest BCUT2D eigenvalue weighted by atomic mass is 10.1. The lowest BCUT2D eigenvalue weighted by Crippen LogP contribution is -2.14. The highest BCUT2D eigenvalue weighted by Gasteiger charge is 2.10. The maximum Gasteiger partial charge on any atom is 0.255 e. The maximum atomic E-state index is 12.4. The van der Waals surface area contributed by atoms with E-state index in [0.717, 1.165) is 11.1 Å². The van der Waals surface area contributed by atoms with Gasteiger partial charge in [-0.2, -0.15) is 0 Å². The number of anilines is 2. The Bertz CT molecular complexity index is 1050. The summed E-state index contributed by atoms with van der Waals surface area (Å²) < 4.78 is 5.54. The fourth-order valence-electron chi connectivity index (χ4n) is 2.78. The number of amides is 2. The molecular formula is C25H24N2O3. The van der Waals surface area contributed by atoms with Crippen molar-refractivity contribution in [1.82, 2.24) is 0 Å². The SMILES string of the molecule is C=C(C)COc1ccc(C(=O)Nc2ccc(NC(=O)c3ccccc3C)cc2)cc1. The second-order valence-corrected chi connectivity index (χ2v) is 7.07. The highest BCUT2D eigenvalue weighted by molar-refractivity contribution is 6.06. The molecule has 2 N–H and O–H groups in total. The van der Waals surface area contributed by atoms with Crippen LogP contribution in [0.4, 0.5) is 11.4 Å². The summed E-state index contributed by atoms with van der Waals surface area (Å²) in [5, 5.41) is 5.71. The molecule has 5 nitrogen and oxygen atoms in total. The number of rotatable bonds is 7. The second kappa shape index (κ2) is 9.56. The van der Waals surface area contributed by atoms with Gasteiger partial charge in [-0.3, -0.25) is 9.59 Å². The zero-order valence-corrected chi connectivity index (χ0v) is 17.1. The molecule has 0 saturated carbocycles. The molecule has 30 heavy (non-hydrogen) atoms. The van der Waals surface area contributed by atoms with E-state index in [9.17, 15) is 9.59 Å². The van der Waals surface area contributed by atoms with E-state index in [1.165, 1.54) is 0 Å². The molecule has 0 spiro atoms. The maximum absolute atomic E-state index is 12.4. The second-order valence-electron chi connectivity index (χ2n) is 7.07. The summed E-state index contributed by atoms with van der Waals surface area (Å²) in [4.78, 5) is 24.8. The van der Waals surface area contributed by atoms with E-state index in [2.05, 4.69) is 17.2 Å². The van der Waals surface area contributed by atoms with E-state index >= 15 is 0 Å². The Morgan fingerprint density at radius 2 is 1.40 bits per heavy atom. The highest BCUT2D eigenvalue weighted by atomic mass is 16.5. The van der Waals surface area contributed by atoms with Gasteiger partial charge >= 0.3 is 0 Å². The van der Waals surface area contributed by atoms with Crippen LogP contribution >= 0.6 is 0 Å². The normalized spacial score (nSPS) is 10.2. The van der Waals surface area contributed by atoms with Crippen molar-refractivity contribution in [3.05, 3.63) is 102 Å². The van der Waals surface area contributed by atoms with E-state index in [-0.39, 0.29) is 11.8 Å². The molecule has 0 bridgehead atoms. The van der Waals surface area contributed by atoms with Gasteiger partial charge in [0.1, 0.15) is 12.4 Å². The molecule has 3 aromatic rings. The van der Waals surface area contributed by atoms with Gasteiger partial charge in [0.05, 0.1) is 0 Å². The Balaban J connectivity index is 1.58. The summed E-state index contributed by atoms with van der Waals surface area (Å²) in [5.74, 6) is 0.292. The molecular weight excluding hydrogens is 376 g/mol. The van der Waals surface area contributed by atoms with Crippen molar-refractivity contribution in [3.8, 4) is 5.75 Å². The summed E-state index contributed by atoms with van der Waals surface area (Å²) in [7, 11) is 0. The molecule has 0 heterocycles. The zero-order valence-electron chi connectivity index (χ0n) is 17.1. The molecule has 0 aliphatic rings. The first-order chi connectivity index (χ1) is 14.4. The smallest absolute Gasteiger partial charge is 0.255 e. The predicted octanol–water partition coefficient (Wildman–Crippen LogP) is 5.45. The number of nitrogens with one attached hydrogen (secondary N) is 2. The van der Waals surface area contributed by atoms with Crippen LogP contribution in [0.25, 0.3) is 0 Å². The number of hydrogen-bond acceptors (Lipinski definition) is 3. The minimum Gasteiger partial charge on any atom is -0.489 e. The fraction of sp³-hybridized carbons (Fsp3) is 0.120. The van der Waals surface area contributed by atoms with Gasteiger partial charge in [0.15, 0.2) is 0 Å². The highest BCUT2D eigenvalue weighted by Crippen LogP contribution is 2.18. The predicted molar refractivity (Wildman–Crippen MR) is 120 cm³/mol. The third-order valence-electron chi connectivity index (χ3n) is 4.39. The molecule has 5 heteroatoms. The van der Waals surface area contributed by atoms with Crippen molar-refractivity contribution in [2.75, 3.05) is 17.2 Å². The molecule has 0 fully saturated rings. The number of benzene rings is 3. The van der Waals surface area contributed by atoms with Gasteiger partial charge in [0.25, 0.3) is 11.8 Å². The van der Waals surface area contributed by atoms with Gasteiger partial charge < -0.3 is 15.4 Å². The average molecular weight is 400 g/mol. The Morgan fingerprint density at radius 1 is 0.833 bits per heavy atom. The summed E-state index contributed by atoms with van der Waals surface area (Å²) in [6.07, 6.45) is 0. The van der Waals surface area contributed by atoms with E-state index in [1.807, 2.05) is 32.0 Å². The van der Waals surface area contributed by atoms with Crippen LogP contribution < -0.4 is 15.4 Å². The van der Waals surface area contributed by atoms with E-state index in [4.69, 9.17) is 4.74 Å². The van der Waals surface area contributed by atoms with Gasteiger partial charge in [0.2, 0.25) is 0 Å². The number of aryl methyl sites for hydroxylation is 1. The van der Waals surface area contributed by atoms with Crippen LogP contribution in [-0.2, 0) is 0 Å². The van der Waals surface area contributed by atoms with Crippen LogP contribution in [0.3, 0.4) is 0 Å². The topological polar surface area (TPSA) is 67.4 Å². The summed E-state index contributed by atoms with van der Waals surface area (Å²) >= 11 is 0. The number of carbonyl (C=O) groups is 2. The van der Waals surface area contributed by atoms with Crippen molar-refractivity contribution in [3.63, 3.8) is 0 Å². The van der Waals surface area contributed by atoms with Gasteiger partial charge in [-0.1, -0.05) is 24.8 Å². The summed E-state index contributed by atoms with van der Waals surface area (Å²) in [5.41, 5.74) is 4.28. The number of carbonyl (C=O) groups excluding carboxylic acids is 2. The largest absolute Gasteiger partial charge is 0.489 e. The minimum atomic E-state index is -0.224. The van der Waals surface area contributed by atoms with Crippen LogP contribution in [-0.4, -0.2) is 18.4 Å². The first kappa shape index (κ1) is 20.9. The average Bonchev–Trinajstić information content (AvgIpc) is 2.74. The molecule has 0 radical (unpaired) electrons. The van der Waals surface area contributed by atoms with Crippen LogP contribution in [0.15, 0.2) is 84.9 Å². The molecule has 0 aliphatic carbocycles. The zero-order chi connectivity index (χ0) is 21.5. The van der Waals surface area contributed by atoms with Crippen LogP contribution in [0.1, 0.15) is 33.2 Å². The Labute approximate surface area is 176 Å². The molecule has 0 saturated heterocycles. The van der Waals surface area contributed by atoms with Crippen molar-refractivity contribution >= 4 is 23.2 Å². The number of ether oxygens (including phenoxy) is 1. The molecule has 0 aromatic heterocycles. The van der Waals surface area contributed by atoms with Crippen molar-refractivity contribution in [2.45, 2.75) is 13.8 Å². The third-order valence-corrected chi connectivity index (χ3v) is 4.39. The lowest BCUT2D eigenvalue weighted by Gasteiger charge is -2.10. The first-order valence-electron chi connectivity index (χ1n) is 9.58. The molecule has 0 unspecified atom stereocenters. The van der Waals surface area contributed by atoms with Gasteiger partial charge in [-0.05, 0) is 79.6 Å². The summed E-state index contributed by atoms with van der Waals surface area (Å²) in [6, 6.07) is 21.3. The molecule has 2 amide bonds. The molecule has 3 aromatic carbocycles. The van der Waals surface area contributed by atoms with E-state index in [1.54, 1.807) is 54.6 Å². The molecule has 0 atom stereocenters. The fourth-order valence-corrected chi connectivity index (χ4v) is 2.78. The van der Waals surface area contributed by atoms with Crippen LogP contribution in [0.5, 0.6) is 5.75 Å². The Hall–Kier alpha value is -3.86. The molecule has 0 aliphatic heterocycles. The molecule has 152 valence electrons. The standard InChI is InChI=1S/C25H24N2O3/c1-17(2)16-30-22-14-8-19(9-15-22)24(28)26-20-10-12-21(13-11-20)27-25(29)23-7-5-4-6-18(23)3/h4-15H,1,16H2,2-3H3,(H,26,28)(H,27,29). The van der Waals surface area contributed by atoms with Crippen LogP contribution in [0.2, 0.25) is 0 Å². The quantitative estimate of drug-likeness (QED) is 0.518. The Kier molecular flexibility index (Phi) is 6.65. The van der Waals surface area contributed by atoms with E-state index in [0.29, 0.717) is 34.9 Å². The van der Waals surface area contributed by atoms with Crippen molar-refractivity contribution < 1.29 is 14.3 Å². The lowest BCUT2D eigenvalue weighted by molar-refractivity contribution is 0.101. The first-order valence-corrected chi connectivity index (χ1v) is 9.58. The van der Waals surface area contributed by atoms with Gasteiger partial charge in [-0.15, -0.1) is 0 Å². The number of hydrogen-bond donors (Lipinski definition) is 2. The van der Waals surface area contributed by atoms with Crippen molar-refractivity contribution in [2.24, 2.45) is 0 Å². The monoisotopic (exact) mass is 400 g/mol. The van der Waals surface area contributed by atoms with Crippen molar-refractivity contribution in [1.29, 1.82) is 0 Å². The molecule has 3 rings (SSSR count). The minimum absolute atomic E-state index is 0.168. The van der Waals surface area contributed by atoms with Gasteiger partial charge in [-0.25, -0.2) is 0 Å². The third kappa shape index (κ3) is 5.58. The van der Waals surface area contributed by atoms with Gasteiger partial charge in [0, 0.05) is 22.5 Å².